The van der Waals surface area contributed by atoms with Gasteiger partial charge in [-0.15, -0.1) is 0 Å². The third kappa shape index (κ3) is 2.24. The van der Waals surface area contributed by atoms with E-state index in [1.165, 1.54) is 0 Å². The number of para-hydroxylation sites is 2. The Morgan fingerprint density at radius 1 is 1.20 bits per heavy atom. The molecular weight excluding hydrogens is 274 g/mol. The van der Waals surface area contributed by atoms with Gasteiger partial charge < -0.3 is 15.4 Å². The Bertz CT molecular complexity index is 747. The van der Waals surface area contributed by atoms with Crippen LogP contribution in [-0.2, 0) is 6.54 Å². The predicted molar refractivity (Wildman–Crippen MR) is 81.7 cm³/mol. The van der Waals surface area contributed by atoms with Gasteiger partial charge in [0.05, 0.1) is 17.6 Å². The molecule has 102 valence electrons. The van der Waals surface area contributed by atoms with Crippen LogP contribution in [0.4, 0.5) is 5.69 Å². The van der Waals surface area contributed by atoms with Crippen molar-refractivity contribution in [3.05, 3.63) is 47.5 Å². The SMILES string of the molecule is Nc1cc(Cl)cc(-c2nc3ccccc3n2CCO)c1. The van der Waals surface area contributed by atoms with Crippen LogP contribution in [0.3, 0.4) is 0 Å². The van der Waals surface area contributed by atoms with Gasteiger partial charge in [-0.3, -0.25) is 0 Å². The first-order chi connectivity index (χ1) is 9.69. The van der Waals surface area contributed by atoms with Crippen LogP contribution >= 0.6 is 11.6 Å². The molecule has 0 saturated carbocycles. The summed E-state index contributed by atoms with van der Waals surface area (Å²) >= 11 is 6.06. The summed E-state index contributed by atoms with van der Waals surface area (Å²) in [6.45, 7) is 0.520. The molecular formula is C15H14ClN3O. The van der Waals surface area contributed by atoms with Crippen molar-refractivity contribution in [3.63, 3.8) is 0 Å². The molecule has 20 heavy (non-hydrogen) atoms. The molecule has 0 saturated heterocycles. The van der Waals surface area contributed by atoms with E-state index in [1.54, 1.807) is 6.07 Å². The number of imidazole rings is 1. The van der Waals surface area contributed by atoms with Crippen LogP contribution in [0.5, 0.6) is 0 Å². The van der Waals surface area contributed by atoms with Gasteiger partial charge in [-0.05, 0) is 30.3 Å². The topological polar surface area (TPSA) is 64.1 Å². The number of aromatic nitrogens is 2. The molecule has 0 radical (unpaired) electrons. The van der Waals surface area contributed by atoms with E-state index < -0.39 is 0 Å². The van der Waals surface area contributed by atoms with Crippen LogP contribution in [0.15, 0.2) is 42.5 Å². The average molecular weight is 288 g/mol. The number of aliphatic hydroxyl groups is 1. The van der Waals surface area contributed by atoms with Crippen molar-refractivity contribution in [2.24, 2.45) is 0 Å². The lowest BCUT2D eigenvalue weighted by Gasteiger charge is -2.08. The molecule has 3 rings (SSSR count). The zero-order valence-electron chi connectivity index (χ0n) is 10.8. The first kappa shape index (κ1) is 13.0. The van der Waals surface area contributed by atoms with E-state index in [-0.39, 0.29) is 6.61 Å². The van der Waals surface area contributed by atoms with Gasteiger partial charge in [0.2, 0.25) is 0 Å². The maximum Gasteiger partial charge on any atom is 0.141 e. The third-order valence-electron chi connectivity index (χ3n) is 3.16. The van der Waals surface area contributed by atoms with Crippen LogP contribution in [0.2, 0.25) is 5.02 Å². The Hall–Kier alpha value is -2.04. The Labute approximate surface area is 121 Å². The molecule has 0 spiro atoms. The number of benzene rings is 2. The Kier molecular flexibility index (Phi) is 3.34. The van der Waals surface area contributed by atoms with Crippen LogP contribution < -0.4 is 5.73 Å². The van der Waals surface area contributed by atoms with Crippen molar-refractivity contribution in [2.45, 2.75) is 6.54 Å². The number of nitrogen functional groups attached to an aromatic ring is 1. The van der Waals surface area contributed by atoms with Crippen molar-refractivity contribution in [1.82, 2.24) is 9.55 Å². The number of fused-ring (bicyclic) bond motifs is 1. The molecule has 4 nitrogen and oxygen atoms in total. The first-order valence-corrected chi connectivity index (χ1v) is 6.69. The van der Waals surface area contributed by atoms with Crippen LogP contribution in [-0.4, -0.2) is 21.3 Å². The zero-order chi connectivity index (χ0) is 14.1. The van der Waals surface area contributed by atoms with Gasteiger partial charge in [-0.1, -0.05) is 23.7 Å². The lowest BCUT2D eigenvalue weighted by molar-refractivity contribution is 0.278. The van der Waals surface area contributed by atoms with Crippen LogP contribution in [0.1, 0.15) is 0 Å². The van der Waals surface area contributed by atoms with Crippen molar-refractivity contribution in [2.75, 3.05) is 12.3 Å². The van der Waals surface area contributed by atoms with Gasteiger partial charge in [-0.25, -0.2) is 4.98 Å². The normalized spacial score (nSPS) is 11.1. The maximum absolute atomic E-state index is 9.28. The van der Waals surface area contributed by atoms with Crippen molar-refractivity contribution >= 4 is 28.3 Å². The van der Waals surface area contributed by atoms with Crippen molar-refractivity contribution in [3.8, 4) is 11.4 Å². The highest BCUT2D eigenvalue weighted by Gasteiger charge is 2.12. The molecule has 0 fully saturated rings. The van der Waals surface area contributed by atoms with Crippen molar-refractivity contribution in [1.29, 1.82) is 0 Å². The summed E-state index contributed by atoms with van der Waals surface area (Å²) in [6.07, 6.45) is 0. The number of halogens is 1. The summed E-state index contributed by atoms with van der Waals surface area (Å²) in [5, 5.41) is 9.85. The van der Waals surface area contributed by atoms with Gasteiger partial charge >= 0.3 is 0 Å². The fraction of sp³-hybridized carbons (Fsp3) is 0.133. The standard InChI is InChI=1S/C15H14ClN3O/c16-11-7-10(8-12(17)9-11)15-18-13-3-1-2-4-14(13)19(15)5-6-20/h1-4,7-9,20H,5-6,17H2. The molecule has 0 atom stereocenters. The summed E-state index contributed by atoms with van der Waals surface area (Å²) in [5.41, 5.74) is 9.15. The smallest absolute Gasteiger partial charge is 0.141 e. The number of hydrogen-bond donors (Lipinski definition) is 2. The summed E-state index contributed by atoms with van der Waals surface area (Å²) in [7, 11) is 0. The van der Waals surface area contributed by atoms with E-state index in [1.807, 2.05) is 41.0 Å². The molecule has 3 N–H and O–H groups in total. The number of aliphatic hydroxyl groups excluding tert-OH is 1. The second-order valence-electron chi connectivity index (χ2n) is 4.57. The first-order valence-electron chi connectivity index (χ1n) is 6.31. The highest BCUT2D eigenvalue weighted by atomic mass is 35.5. The number of hydrogen-bond acceptors (Lipinski definition) is 3. The zero-order valence-corrected chi connectivity index (χ0v) is 11.5. The summed E-state index contributed by atoms with van der Waals surface area (Å²) in [6, 6.07) is 13.2. The van der Waals surface area contributed by atoms with E-state index in [0.29, 0.717) is 17.3 Å². The Balaban J connectivity index is 2.26. The van der Waals surface area contributed by atoms with Crippen LogP contribution in [0, 0.1) is 0 Å². The quantitative estimate of drug-likeness (QED) is 0.728. The molecule has 0 unspecified atom stereocenters. The minimum Gasteiger partial charge on any atom is -0.399 e. The average Bonchev–Trinajstić information content (AvgIpc) is 2.77. The van der Waals surface area contributed by atoms with E-state index in [0.717, 1.165) is 22.4 Å². The second-order valence-corrected chi connectivity index (χ2v) is 5.01. The molecule has 3 aromatic rings. The Morgan fingerprint density at radius 2 is 2.00 bits per heavy atom. The monoisotopic (exact) mass is 287 g/mol. The highest BCUT2D eigenvalue weighted by Crippen LogP contribution is 2.28. The van der Waals surface area contributed by atoms with Gasteiger partial charge in [0, 0.05) is 22.8 Å². The molecule has 5 heteroatoms. The number of nitrogens with zero attached hydrogens (tertiary/aromatic N) is 2. The highest BCUT2D eigenvalue weighted by molar-refractivity contribution is 6.31. The molecule has 0 bridgehead atoms. The van der Waals surface area contributed by atoms with E-state index in [4.69, 9.17) is 17.3 Å². The lowest BCUT2D eigenvalue weighted by Crippen LogP contribution is -2.04. The van der Waals surface area contributed by atoms with E-state index >= 15 is 0 Å². The fourth-order valence-electron chi connectivity index (χ4n) is 2.36. The van der Waals surface area contributed by atoms with Crippen molar-refractivity contribution < 1.29 is 5.11 Å². The minimum atomic E-state index is 0.0450. The number of rotatable bonds is 3. The molecule has 0 aliphatic heterocycles. The van der Waals surface area contributed by atoms with Gasteiger partial charge in [-0.2, -0.15) is 0 Å². The summed E-state index contributed by atoms with van der Waals surface area (Å²) < 4.78 is 1.97. The van der Waals surface area contributed by atoms with Gasteiger partial charge in [0.15, 0.2) is 0 Å². The van der Waals surface area contributed by atoms with Crippen LogP contribution in [0.25, 0.3) is 22.4 Å². The lowest BCUT2D eigenvalue weighted by atomic mass is 10.2. The number of nitrogens with two attached hydrogens (primary N) is 1. The predicted octanol–water partition coefficient (Wildman–Crippen LogP) is 2.93. The van der Waals surface area contributed by atoms with E-state index in [9.17, 15) is 5.11 Å². The molecule has 2 aromatic carbocycles. The van der Waals surface area contributed by atoms with Gasteiger partial charge in [0.25, 0.3) is 0 Å². The molecule has 1 heterocycles. The molecule has 0 amide bonds. The maximum atomic E-state index is 9.28. The fourth-order valence-corrected chi connectivity index (χ4v) is 2.61. The van der Waals surface area contributed by atoms with E-state index in [2.05, 4.69) is 4.98 Å². The largest absolute Gasteiger partial charge is 0.399 e. The molecule has 0 aliphatic rings. The van der Waals surface area contributed by atoms with Gasteiger partial charge in [0.1, 0.15) is 5.82 Å². The second kappa shape index (κ2) is 5.15. The number of anilines is 1. The molecule has 0 aliphatic carbocycles. The Morgan fingerprint density at radius 3 is 2.75 bits per heavy atom. The minimum absolute atomic E-state index is 0.0450. The summed E-state index contributed by atoms with van der Waals surface area (Å²) in [4.78, 5) is 4.62. The third-order valence-corrected chi connectivity index (χ3v) is 3.37. The summed E-state index contributed by atoms with van der Waals surface area (Å²) in [5.74, 6) is 0.759. The molecule has 1 aromatic heterocycles.